The number of carbonyl (C=O) groups is 1. The van der Waals surface area contributed by atoms with Gasteiger partial charge in [-0.1, -0.05) is 0 Å². The summed E-state index contributed by atoms with van der Waals surface area (Å²) < 4.78 is 1.89. The van der Waals surface area contributed by atoms with Crippen LogP contribution in [0.5, 0.6) is 0 Å². The number of hydrogen-bond acceptors (Lipinski definition) is 4. The van der Waals surface area contributed by atoms with Crippen LogP contribution in [-0.4, -0.2) is 28.8 Å². The van der Waals surface area contributed by atoms with Gasteiger partial charge < -0.3 is 10.6 Å². The number of hydrogen-bond donors (Lipinski definition) is 2. The van der Waals surface area contributed by atoms with Gasteiger partial charge in [0.1, 0.15) is 4.47 Å². The van der Waals surface area contributed by atoms with Gasteiger partial charge in [0.2, 0.25) is 5.91 Å². The van der Waals surface area contributed by atoms with Crippen LogP contribution in [-0.2, 0) is 11.3 Å². The summed E-state index contributed by atoms with van der Waals surface area (Å²) in [4.78, 5) is 23.4. The number of aromatic nitrogens is 2. The minimum atomic E-state index is -0.159. The second-order valence-electron chi connectivity index (χ2n) is 4.61. The third kappa shape index (κ3) is 3.79. The van der Waals surface area contributed by atoms with E-state index in [-0.39, 0.29) is 18.0 Å². The molecule has 0 aromatic carbocycles. The van der Waals surface area contributed by atoms with Gasteiger partial charge >= 0.3 is 0 Å². The van der Waals surface area contributed by atoms with Crippen LogP contribution < -0.4 is 16.2 Å². The highest BCUT2D eigenvalue weighted by Gasteiger charge is 2.23. The molecule has 0 bridgehead atoms. The first-order valence-corrected chi connectivity index (χ1v) is 7.17. The number of nitrogens with zero attached hydrogens (tertiary/aromatic N) is 2. The van der Waals surface area contributed by atoms with Crippen LogP contribution in [0.4, 0.5) is 5.69 Å². The lowest BCUT2D eigenvalue weighted by atomic mass is 10.4. The molecule has 2 rings (SSSR count). The number of halogens is 1. The van der Waals surface area contributed by atoms with E-state index in [4.69, 9.17) is 0 Å². The van der Waals surface area contributed by atoms with Gasteiger partial charge in [-0.05, 0) is 41.6 Å². The molecular weight excluding hydrogens is 312 g/mol. The van der Waals surface area contributed by atoms with Gasteiger partial charge in [-0.3, -0.25) is 9.59 Å². The van der Waals surface area contributed by atoms with Crippen molar-refractivity contribution in [3.8, 4) is 0 Å². The number of likely N-dealkylation sites (N-methyl/N-ethyl adjacent to an activating group) is 1. The molecule has 0 aliphatic heterocycles. The lowest BCUT2D eigenvalue weighted by Gasteiger charge is -2.10. The predicted molar refractivity (Wildman–Crippen MR) is 76.1 cm³/mol. The minimum Gasteiger partial charge on any atom is -0.374 e. The Morgan fingerprint density at radius 3 is 2.95 bits per heavy atom. The Kier molecular flexibility index (Phi) is 4.57. The van der Waals surface area contributed by atoms with E-state index < -0.39 is 0 Å². The molecule has 0 atom stereocenters. The van der Waals surface area contributed by atoms with Crippen LogP contribution in [0.2, 0.25) is 0 Å². The van der Waals surface area contributed by atoms with Crippen LogP contribution in [0.15, 0.2) is 15.5 Å². The van der Waals surface area contributed by atoms with Gasteiger partial charge in [-0.15, -0.1) is 0 Å². The topological polar surface area (TPSA) is 76.0 Å². The fourth-order valence-corrected chi connectivity index (χ4v) is 2.15. The summed E-state index contributed by atoms with van der Waals surface area (Å²) in [6, 6.07) is 0. The monoisotopic (exact) mass is 328 g/mol. The van der Waals surface area contributed by atoms with Crippen LogP contribution >= 0.6 is 15.9 Å². The molecule has 1 amide bonds. The molecule has 1 heterocycles. The lowest BCUT2D eigenvalue weighted by molar-refractivity contribution is -0.119. The van der Waals surface area contributed by atoms with Crippen LogP contribution in [0.25, 0.3) is 0 Å². The number of carbonyl (C=O) groups excluding carboxylic acids is 1. The molecule has 1 saturated carbocycles. The average Bonchev–Trinajstić information content (AvgIpc) is 3.18. The molecule has 1 aromatic heterocycles. The van der Waals surface area contributed by atoms with E-state index in [1.807, 2.05) is 6.92 Å². The molecule has 7 heteroatoms. The second kappa shape index (κ2) is 6.18. The summed E-state index contributed by atoms with van der Waals surface area (Å²) in [5.41, 5.74) is 0.385. The standard InChI is InChI=1S/C12H17BrN4O2/c1-2-14-10(18)6-15-9-5-16-17(7-8-3-4-8)12(19)11(9)13/h5,8,15H,2-4,6-7H2,1H3,(H,14,18). The molecule has 0 radical (unpaired) electrons. The maximum Gasteiger partial charge on any atom is 0.283 e. The fraction of sp³-hybridized carbons (Fsp3) is 0.583. The van der Waals surface area contributed by atoms with Crippen molar-refractivity contribution in [3.05, 3.63) is 21.0 Å². The molecule has 6 nitrogen and oxygen atoms in total. The zero-order chi connectivity index (χ0) is 13.8. The molecule has 0 spiro atoms. The van der Waals surface area contributed by atoms with Crippen molar-refractivity contribution >= 4 is 27.5 Å². The van der Waals surface area contributed by atoms with Crippen molar-refractivity contribution in [1.82, 2.24) is 15.1 Å². The average molecular weight is 329 g/mol. The third-order valence-electron chi connectivity index (χ3n) is 2.93. The van der Waals surface area contributed by atoms with Crippen LogP contribution in [0, 0.1) is 5.92 Å². The zero-order valence-corrected chi connectivity index (χ0v) is 12.4. The maximum absolute atomic E-state index is 12.0. The number of nitrogens with one attached hydrogen (secondary N) is 2. The molecule has 1 aromatic rings. The molecular formula is C12H17BrN4O2. The number of amides is 1. The highest BCUT2D eigenvalue weighted by atomic mass is 79.9. The van der Waals surface area contributed by atoms with Crippen molar-refractivity contribution < 1.29 is 4.79 Å². The highest BCUT2D eigenvalue weighted by Crippen LogP contribution is 2.30. The summed E-state index contributed by atoms with van der Waals surface area (Å²) in [6.07, 6.45) is 3.92. The van der Waals surface area contributed by atoms with Crippen molar-refractivity contribution in [1.29, 1.82) is 0 Å². The van der Waals surface area contributed by atoms with E-state index in [1.165, 1.54) is 17.5 Å². The Labute approximate surface area is 119 Å². The first kappa shape index (κ1) is 14.0. The smallest absolute Gasteiger partial charge is 0.283 e. The van der Waals surface area contributed by atoms with Gasteiger partial charge in [-0.2, -0.15) is 5.10 Å². The molecule has 1 fully saturated rings. The van der Waals surface area contributed by atoms with E-state index >= 15 is 0 Å². The maximum atomic E-state index is 12.0. The summed E-state index contributed by atoms with van der Waals surface area (Å²) >= 11 is 3.26. The number of rotatable bonds is 6. The Morgan fingerprint density at radius 1 is 1.58 bits per heavy atom. The molecule has 104 valence electrons. The minimum absolute atomic E-state index is 0.114. The van der Waals surface area contributed by atoms with Gasteiger partial charge in [0.25, 0.3) is 5.56 Å². The Morgan fingerprint density at radius 2 is 2.32 bits per heavy atom. The van der Waals surface area contributed by atoms with E-state index in [2.05, 4.69) is 31.7 Å². The molecule has 19 heavy (non-hydrogen) atoms. The normalized spacial score (nSPS) is 14.2. The summed E-state index contributed by atoms with van der Waals surface area (Å²) in [5, 5.41) is 9.70. The number of anilines is 1. The van der Waals surface area contributed by atoms with Crippen molar-refractivity contribution in [2.24, 2.45) is 5.92 Å². The molecule has 2 N–H and O–H groups in total. The summed E-state index contributed by atoms with van der Waals surface area (Å²) in [7, 11) is 0. The predicted octanol–water partition coefficient (Wildman–Crippen LogP) is 0.964. The third-order valence-corrected chi connectivity index (χ3v) is 3.69. The van der Waals surface area contributed by atoms with Crippen LogP contribution in [0.3, 0.4) is 0 Å². The van der Waals surface area contributed by atoms with Crippen molar-refractivity contribution in [3.63, 3.8) is 0 Å². The zero-order valence-electron chi connectivity index (χ0n) is 10.8. The lowest BCUT2D eigenvalue weighted by Crippen LogP contribution is -2.31. The SMILES string of the molecule is CCNC(=O)CNc1cnn(CC2CC2)c(=O)c1Br. The van der Waals surface area contributed by atoms with Gasteiger partial charge in [0.05, 0.1) is 18.4 Å². The fourth-order valence-electron chi connectivity index (χ4n) is 1.70. The molecule has 1 aliphatic carbocycles. The summed E-state index contributed by atoms with van der Waals surface area (Å²) in [6.45, 7) is 3.24. The van der Waals surface area contributed by atoms with E-state index in [0.29, 0.717) is 29.2 Å². The first-order valence-electron chi connectivity index (χ1n) is 6.38. The Balaban J connectivity index is 2.03. The van der Waals surface area contributed by atoms with Crippen LogP contribution in [0.1, 0.15) is 19.8 Å². The van der Waals surface area contributed by atoms with E-state index in [9.17, 15) is 9.59 Å². The molecule has 0 saturated heterocycles. The largest absolute Gasteiger partial charge is 0.374 e. The Hall–Kier alpha value is -1.37. The van der Waals surface area contributed by atoms with Crippen molar-refractivity contribution in [2.45, 2.75) is 26.3 Å². The second-order valence-corrected chi connectivity index (χ2v) is 5.40. The first-order chi connectivity index (χ1) is 9.11. The quantitative estimate of drug-likeness (QED) is 0.815. The highest BCUT2D eigenvalue weighted by molar-refractivity contribution is 9.10. The van der Waals surface area contributed by atoms with Gasteiger partial charge in [-0.25, -0.2) is 4.68 Å². The van der Waals surface area contributed by atoms with Gasteiger partial charge in [0.15, 0.2) is 0 Å². The molecule has 0 unspecified atom stereocenters. The molecule has 1 aliphatic rings. The summed E-state index contributed by atoms with van der Waals surface area (Å²) in [5.74, 6) is 0.475. The van der Waals surface area contributed by atoms with Crippen molar-refractivity contribution in [2.75, 3.05) is 18.4 Å². The Bertz CT molecular complexity index is 525. The van der Waals surface area contributed by atoms with Gasteiger partial charge in [0, 0.05) is 13.1 Å². The van der Waals surface area contributed by atoms with E-state index in [0.717, 1.165) is 0 Å². The van der Waals surface area contributed by atoms with E-state index in [1.54, 1.807) is 6.20 Å².